The minimum atomic E-state index is 0.773. The Morgan fingerprint density at radius 3 is 1.90 bits per heavy atom. The Morgan fingerprint density at radius 1 is 0.750 bits per heavy atom. The zero-order chi connectivity index (χ0) is 14.6. The highest BCUT2D eigenvalue weighted by Gasteiger charge is 1.97. The van der Waals surface area contributed by atoms with Gasteiger partial charge in [0.15, 0.2) is 0 Å². The predicted octanol–water partition coefficient (Wildman–Crippen LogP) is 5.68. The molecule has 0 heterocycles. The molecule has 0 spiro atoms. The molecule has 0 aliphatic heterocycles. The van der Waals surface area contributed by atoms with Crippen LogP contribution in [-0.4, -0.2) is 6.61 Å². The van der Waals surface area contributed by atoms with Crippen LogP contribution >= 0.6 is 0 Å². The first-order valence-corrected chi connectivity index (χ1v) is 7.34. The zero-order valence-corrected chi connectivity index (χ0v) is 12.6. The summed E-state index contributed by atoms with van der Waals surface area (Å²) in [4.78, 5) is 0. The van der Waals surface area contributed by atoms with Gasteiger partial charge < -0.3 is 9.47 Å². The molecule has 0 aromatic heterocycles. The molecule has 0 unspecified atom stereocenters. The summed E-state index contributed by atoms with van der Waals surface area (Å²) in [7, 11) is 0. The quantitative estimate of drug-likeness (QED) is 0.629. The van der Waals surface area contributed by atoms with Crippen LogP contribution in [0.15, 0.2) is 54.6 Å². The van der Waals surface area contributed by atoms with E-state index in [1.54, 1.807) is 0 Å². The summed E-state index contributed by atoms with van der Waals surface area (Å²) >= 11 is 0. The summed E-state index contributed by atoms with van der Waals surface area (Å²) < 4.78 is 11.3. The summed E-state index contributed by atoms with van der Waals surface area (Å²) in [6.07, 6.45) is 2.23. The molecule has 0 radical (unpaired) electrons. The lowest BCUT2D eigenvalue weighted by Gasteiger charge is -2.08. The van der Waals surface area contributed by atoms with Crippen molar-refractivity contribution < 1.29 is 9.47 Å². The van der Waals surface area contributed by atoms with Crippen molar-refractivity contribution in [3.63, 3.8) is 0 Å². The first-order valence-electron chi connectivity index (χ1n) is 7.34. The number of hydrogen-bond acceptors (Lipinski definition) is 2. The molecule has 2 aromatic rings. The molecule has 0 aliphatic rings. The molecule has 20 heavy (non-hydrogen) atoms. The van der Waals surface area contributed by atoms with E-state index in [-0.39, 0.29) is 0 Å². The molecular weight excluding hydrogens is 248 g/mol. The van der Waals surface area contributed by atoms with E-state index in [4.69, 9.17) is 9.47 Å². The largest absolute Gasteiger partial charge is 0.494 e. The standard InChI is InChI=1S/C16H18O2.C2H6/c1-2-3-13-17-14-9-11-16(12-10-14)18-15-7-5-4-6-8-15;1-2/h4-12H,2-3,13H2,1H3;1-2H3. The molecule has 0 bridgehead atoms. The molecule has 108 valence electrons. The van der Waals surface area contributed by atoms with Crippen LogP contribution < -0.4 is 9.47 Å². The Labute approximate surface area is 122 Å². The van der Waals surface area contributed by atoms with Crippen molar-refractivity contribution in [2.75, 3.05) is 6.61 Å². The van der Waals surface area contributed by atoms with E-state index in [2.05, 4.69) is 6.92 Å². The minimum Gasteiger partial charge on any atom is -0.494 e. The Kier molecular flexibility index (Phi) is 7.97. The van der Waals surface area contributed by atoms with Gasteiger partial charge in [-0.05, 0) is 42.8 Å². The molecule has 2 heteroatoms. The van der Waals surface area contributed by atoms with Crippen molar-refractivity contribution >= 4 is 0 Å². The van der Waals surface area contributed by atoms with Crippen LogP contribution in [0.5, 0.6) is 17.2 Å². The van der Waals surface area contributed by atoms with Crippen LogP contribution in [0.25, 0.3) is 0 Å². The van der Waals surface area contributed by atoms with Gasteiger partial charge in [-0.3, -0.25) is 0 Å². The highest BCUT2D eigenvalue weighted by atomic mass is 16.5. The average Bonchev–Trinajstić information content (AvgIpc) is 2.52. The number of ether oxygens (including phenoxy) is 2. The molecule has 0 fully saturated rings. The summed E-state index contributed by atoms with van der Waals surface area (Å²) in [5.41, 5.74) is 0. The molecular formula is C18H24O2. The van der Waals surface area contributed by atoms with Crippen molar-refractivity contribution in [2.45, 2.75) is 33.6 Å². The summed E-state index contributed by atoms with van der Waals surface area (Å²) in [5, 5.41) is 0. The molecule has 2 aromatic carbocycles. The monoisotopic (exact) mass is 272 g/mol. The lowest BCUT2D eigenvalue weighted by atomic mass is 10.3. The third-order valence-electron chi connectivity index (χ3n) is 2.57. The first-order chi connectivity index (χ1) is 9.88. The smallest absolute Gasteiger partial charge is 0.127 e. The van der Waals surface area contributed by atoms with Crippen molar-refractivity contribution in [3.05, 3.63) is 54.6 Å². The third kappa shape index (κ3) is 5.79. The maximum absolute atomic E-state index is 5.70. The molecule has 2 rings (SSSR count). The molecule has 2 nitrogen and oxygen atoms in total. The van der Waals surface area contributed by atoms with Crippen molar-refractivity contribution in [3.8, 4) is 17.2 Å². The SMILES string of the molecule is CC.CCCCOc1ccc(Oc2ccccc2)cc1. The van der Waals surface area contributed by atoms with E-state index < -0.39 is 0 Å². The van der Waals surface area contributed by atoms with E-state index in [9.17, 15) is 0 Å². The van der Waals surface area contributed by atoms with Gasteiger partial charge in [-0.1, -0.05) is 45.4 Å². The fourth-order valence-electron chi connectivity index (χ4n) is 1.56. The molecule has 0 N–H and O–H groups in total. The number of rotatable bonds is 6. The average molecular weight is 272 g/mol. The van der Waals surface area contributed by atoms with Crippen molar-refractivity contribution in [1.82, 2.24) is 0 Å². The molecule has 0 atom stereocenters. The Hall–Kier alpha value is -1.96. The van der Waals surface area contributed by atoms with Crippen LogP contribution in [0.2, 0.25) is 0 Å². The van der Waals surface area contributed by atoms with Gasteiger partial charge in [-0.25, -0.2) is 0 Å². The van der Waals surface area contributed by atoms with Crippen LogP contribution in [0, 0.1) is 0 Å². The lowest BCUT2D eigenvalue weighted by Crippen LogP contribution is -1.95. The minimum absolute atomic E-state index is 0.773. The van der Waals surface area contributed by atoms with E-state index >= 15 is 0 Å². The van der Waals surface area contributed by atoms with Crippen LogP contribution in [-0.2, 0) is 0 Å². The topological polar surface area (TPSA) is 18.5 Å². The maximum Gasteiger partial charge on any atom is 0.127 e. The van der Waals surface area contributed by atoms with Gasteiger partial charge in [0.25, 0.3) is 0 Å². The lowest BCUT2D eigenvalue weighted by molar-refractivity contribution is 0.309. The number of unbranched alkanes of at least 4 members (excludes halogenated alkanes) is 1. The molecule has 0 amide bonds. The van der Waals surface area contributed by atoms with Gasteiger partial charge in [0.2, 0.25) is 0 Å². The third-order valence-corrected chi connectivity index (χ3v) is 2.57. The van der Waals surface area contributed by atoms with Crippen molar-refractivity contribution in [2.24, 2.45) is 0 Å². The second-order valence-electron chi connectivity index (χ2n) is 4.09. The highest BCUT2D eigenvalue weighted by molar-refractivity contribution is 5.35. The van der Waals surface area contributed by atoms with Gasteiger partial charge in [0, 0.05) is 0 Å². The van der Waals surface area contributed by atoms with Gasteiger partial charge >= 0.3 is 0 Å². The number of benzene rings is 2. The number of hydrogen-bond donors (Lipinski definition) is 0. The second kappa shape index (κ2) is 9.90. The first kappa shape index (κ1) is 16.1. The van der Waals surface area contributed by atoms with E-state index in [0.29, 0.717) is 0 Å². The molecule has 0 saturated heterocycles. The van der Waals surface area contributed by atoms with Crippen LogP contribution in [0.1, 0.15) is 33.6 Å². The van der Waals surface area contributed by atoms with Crippen LogP contribution in [0.4, 0.5) is 0 Å². The van der Waals surface area contributed by atoms with Gasteiger partial charge in [0.1, 0.15) is 17.2 Å². The van der Waals surface area contributed by atoms with Gasteiger partial charge in [-0.15, -0.1) is 0 Å². The maximum atomic E-state index is 5.70. The summed E-state index contributed by atoms with van der Waals surface area (Å²) in [6, 6.07) is 17.5. The highest BCUT2D eigenvalue weighted by Crippen LogP contribution is 2.23. The molecule has 0 aliphatic carbocycles. The summed E-state index contributed by atoms with van der Waals surface area (Å²) in [5.74, 6) is 2.56. The van der Waals surface area contributed by atoms with Crippen LogP contribution in [0.3, 0.4) is 0 Å². The predicted molar refractivity (Wildman–Crippen MR) is 84.7 cm³/mol. The normalized spacial score (nSPS) is 9.35. The molecule has 0 saturated carbocycles. The fourth-order valence-corrected chi connectivity index (χ4v) is 1.56. The van der Waals surface area contributed by atoms with E-state index in [0.717, 1.165) is 36.7 Å². The van der Waals surface area contributed by atoms with Gasteiger partial charge in [0.05, 0.1) is 6.61 Å². The summed E-state index contributed by atoms with van der Waals surface area (Å²) in [6.45, 7) is 6.93. The van der Waals surface area contributed by atoms with E-state index in [1.165, 1.54) is 0 Å². The van der Waals surface area contributed by atoms with Gasteiger partial charge in [-0.2, -0.15) is 0 Å². The fraction of sp³-hybridized carbons (Fsp3) is 0.333. The Morgan fingerprint density at radius 2 is 1.30 bits per heavy atom. The van der Waals surface area contributed by atoms with Crippen molar-refractivity contribution in [1.29, 1.82) is 0 Å². The Balaban J connectivity index is 0.000000956. The second-order valence-corrected chi connectivity index (χ2v) is 4.09. The number of para-hydroxylation sites is 1. The van der Waals surface area contributed by atoms with E-state index in [1.807, 2.05) is 68.4 Å². The zero-order valence-electron chi connectivity index (χ0n) is 12.6. The Bertz CT molecular complexity index is 449.